The molecule has 0 bridgehead atoms. The number of rotatable bonds is 3. The fourth-order valence-corrected chi connectivity index (χ4v) is 3.45. The van der Waals surface area contributed by atoms with Crippen LogP contribution in [0.5, 0.6) is 0 Å². The minimum absolute atomic E-state index is 0.00796. The van der Waals surface area contributed by atoms with E-state index in [4.69, 9.17) is 0 Å². The maximum atomic E-state index is 12.5. The number of aromatic nitrogens is 3. The third-order valence-corrected chi connectivity index (χ3v) is 5.00. The zero-order valence-electron chi connectivity index (χ0n) is 11.8. The largest absolute Gasteiger partial charge is 0.329 e. The smallest absolute Gasteiger partial charge is 0.226 e. The van der Waals surface area contributed by atoms with Crippen LogP contribution < -0.4 is 0 Å². The topological polar surface area (TPSA) is 75.7 Å². The van der Waals surface area contributed by atoms with E-state index in [1.165, 1.54) is 0 Å². The van der Waals surface area contributed by atoms with E-state index in [2.05, 4.69) is 15.0 Å². The molecule has 0 amide bonds. The Morgan fingerprint density at radius 2 is 1.90 bits per heavy atom. The first-order valence-electron chi connectivity index (χ1n) is 6.56. The Balaban J connectivity index is 2.02. The molecule has 6 heteroatoms. The summed E-state index contributed by atoms with van der Waals surface area (Å²) in [5.41, 5.74) is 3.85. The van der Waals surface area contributed by atoms with Crippen molar-refractivity contribution in [3.8, 4) is 0 Å². The summed E-state index contributed by atoms with van der Waals surface area (Å²) in [7, 11) is -3.54. The van der Waals surface area contributed by atoms with Crippen LogP contribution in [-0.4, -0.2) is 23.4 Å². The number of imidazole rings is 1. The molecule has 0 saturated heterocycles. The molecule has 1 N–H and O–H groups in total. The summed E-state index contributed by atoms with van der Waals surface area (Å²) < 4.78 is 25.0. The van der Waals surface area contributed by atoms with E-state index < -0.39 is 9.84 Å². The van der Waals surface area contributed by atoms with Crippen LogP contribution in [0.15, 0.2) is 41.7 Å². The number of hydrogen-bond donors (Lipinski definition) is 1. The first-order chi connectivity index (χ1) is 9.97. The molecule has 0 atom stereocenters. The van der Waals surface area contributed by atoms with Gasteiger partial charge in [-0.05, 0) is 43.2 Å². The minimum Gasteiger partial charge on any atom is -0.329 e. The van der Waals surface area contributed by atoms with Gasteiger partial charge in [0.25, 0.3) is 0 Å². The van der Waals surface area contributed by atoms with Crippen molar-refractivity contribution in [2.45, 2.75) is 24.8 Å². The van der Waals surface area contributed by atoms with Crippen molar-refractivity contribution in [3.05, 3.63) is 53.3 Å². The van der Waals surface area contributed by atoms with Gasteiger partial charge in [0.15, 0.2) is 0 Å². The maximum absolute atomic E-state index is 12.5. The van der Waals surface area contributed by atoms with E-state index in [0.29, 0.717) is 16.7 Å². The average molecular weight is 301 g/mol. The molecule has 0 fully saturated rings. The Morgan fingerprint density at radius 3 is 2.67 bits per heavy atom. The number of H-pyrrole nitrogens is 1. The van der Waals surface area contributed by atoms with Gasteiger partial charge in [-0.2, -0.15) is 0 Å². The molecule has 2 aromatic heterocycles. The van der Waals surface area contributed by atoms with Gasteiger partial charge in [0.2, 0.25) is 15.0 Å². The summed E-state index contributed by atoms with van der Waals surface area (Å²) >= 11 is 0. The van der Waals surface area contributed by atoms with Crippen molar-refractivity contribution in [1.82, 2.24) is 15.0 Å². The Kier molecular flexibility index (Phi) is 3.25. The van der Waals surface area contributed by atoms with Gasteiger partial charge >= 0.3 is 0 Å². The molecule has 2 heterocycles. The average Bonchev–Trinajstić information content (AvgIpc) is 2.88. The van der Waals surface area contributed by atoms with Crippen molar-refractivity contribution in [2.24, 2.45) is 0 Å². The molecule has 0 saturated carbocycles. The van der Waals surface area contributed by atoms with Gasteiger partial charge in [0.1, 0.15) is 5.75 Å². The molecule has 3 rings (SSSR count). The van der Waals surface area contributed by atoms with Crippen molar-refractivity contribution >= 4 is 20.9 Å². The number of hydrogen-bond acceptors (Lipinski definition) is 4. The number of nitrogens with zero attached hydrogens (tertiary/aromatic N) is 2. The second-order valence-corrected chi connectivity index (χ2v) is 6.92. The SMILES string of the molecule is Cc1ccnc(CS(=O)(=O)c2nc3ccccc3[nH]2)c1C. The number of benzene rings is 1. The highest BCUT2D eigenvalue weighted by Crippen LogP contribution is 2.19. The Labute approximate surface area is 123 Å². The molecule has 0 aliphatic rings. The maximum Gasteiger partial charge on any atom is 0.226 e. The van der Waals surface area contributed by atoms with Crippen molar-refractivity contribution in [2.75, 3.05) is 0 Å². The summed E-state index contributed by atoms with van der Waals surface area (Å²) in [6.07, 6.45) is 1.63. The van der Waals surface area contributed by atoms with Crippen LogP contribution in [0.25, 0.3) is 11.0 Å². The monoisotopic (exact) mass is 301 g/mol. The number of nitrogens with one attached hydrogen (secondary N) is 1. The minimum atomic E-state index is -3.54. The van der Waals surface area contributed by atoms with E-state index in [0.717, 1.165) is 11.1 Å². The number of fused-ring (bicyclic) bond motifs is 1. The molecule has 0 aliphatic carbocycles. The van der Waals surface area contributed by atoms with Crippen LogP contribution in [0, 0.1) is 13.8 Å². The number of aryl methyl sites for hydroxylation is 1. The summed E-state index contributed by atoms with van der Waals surface area (Å²) in [4.78, 5) is 11.2. The third kappa shape index (κ3) is 2.54. The second kappa shape index (κ2) is 4.96. The van der Waals surface area contributed by atoms with E-state index in [9.17, 15) is 8.42 Å². The molecule has 5 nitrogen and oxygen atoms in total. The molecular formula is C15H15N3O2S. The fraction of sp³-hybridized carbons (Fsp3) is 0.200. The number of para-hydroxylation sites is 2. The van der Waals surface area contributed by atoms with Crippen LogP contribution >= 0.6 is 0 Å². The molecular weight excluding hydrogens is 286 g/mol. The fourth-order valence-electron chi connectivity index (χ4n) is 2.16. The van der Waals surface area contributed by atoms with E-state index >= 15 is 0 Å². The van der Waals surface area contributed by atoms with Gasteiger partial charge in [-0.3, -0.25) is 4.98 Å². The van der Waals surface area contributed by atoms with Crippen molar-refractivity contribution in [1.29, 1.82) is 0 Å². The molecule has 0 spiro atoms. The number of pyridine rings is 1. The van der Waals surface area contributed by atoms with Crippen LogP contribution in [0.3, 0.4) is 0 Å². The van der Waals surface area contributed by atoms with Gasteiger partial charge in [-0.25, -0.2) is 13.4 Å². The second-order valence-electron chi connectivity index (χ2n) is 5.02. The summed E-state index contributed by atoms with van der Waals surface area (Å²) in [5, 5.41) is -0.00796. The number of sulfone groups is 1. The van der Waals surface area contributed by atoms with Gasteiger partial charge < -0.3 is 4.98 Å². The first-order valence-corrected chi connectivity index (χ1v) is 8.21. The third-order valence-electron chi connectivity index (χ3n) is 3.57. The highest BCUT2D eigenvalue weighted by molar-refractivity contribution is 7.90. The first kappa shape index (κ1) is 13.8. The van der Waals surface area contributed by atoms with Crippen LogP contribution in [-0.2, 0) is 15.6 Å². The molecule has 3 aromatic rings. The van der Waals surface area contributed by atoms with Crippen molar-refractivity contribution in [3.63, 3.8) is 0 Å². The lowest BCUT2D eigenvalue weighted by Crippen LogP contribution is -2.10. The standard InChI is InChI=1S/C15H15N3O2S/c1-10-7-8-16-14(11(10)2)9-21(19,20)15-17-12-5-3-4-6-13(12)18-15/h3-8H,9H2,1-2H3,(H,17,18). The van der Waals surface area contributed by atoms with Gasteiger partial charge in [-0.15, -0.1) is 0 Å². The zero-order valence-corrected chi connectivity index (χ0v) is 12.6. The summed E-state index contributed by atoms with van der Waals surface area (Å²) in [6, 6.07) is 9.11. The molecule has 108 valence electrons. The normalized spacial score (nSPS) is 11.9. The molecule has 0 radical (unpaired) electrons. The molecule has 0 aliphatic heterocycles. The zero-order chi connectivity index (χ0) is 15.0. The van der Waals surface area contributed by atoms with Crippen LogP contribution in [0.1, 0.15) is 16.8 Å². The summed E-state index contributed by atoms with van der Waals surface area (Å²) in [5.74, 6) is -0.152. The predicted octanol–water partition coefficient (Wildman–Crippen LogP) is 2.55. The molecule has 21 heavy (non-hydrogen) atoms. The Morgan fingerprint density at radius 1 is 1.14 bits per heavy atom. The van der Waals surface area contributed by atoms with Gasteiger partial charge in [0, 0.05) is 6.20 Å². The van der Waals surface area contributed by atoms with Gasteiger partial charge in [-0.1, -0.05) is 12.1 Å². The highest BCUT2D eigenvalue weighted by Gasteiger charge is 2.21. The predicted molar refractivity (Wildman–Crippen MR) is 80.7 cm³/mol. The van der Waals surface area contributed by atoms with E-state index in [-0.39, 0.29) is 10.9 Å². The molecule has 1 aromatic carbocycles. The van der Waals surface area contributed by atoms with Gasteiger partial charge in [0.05, 0.1) is 16.7 Å². The van der Waals surface area contributed by atoms with E-state index in [1.54, 1.807) is 18.3 Å². The lowest BCUT2D eigenvalue weighted by atomic mass is 10.1. The van der Waals surface area contributed by atoms with Crippen LogP contribution in [0.4, 0.5) is 0 Å². The van der Waals surface area contributed by atoms with E-state index in [1.807, 2.05) is 32.0 Å². The Bertz CT molecular complexity index is 881. The highest BCUT2D eigenvalue weighted by atomic mass is 32.2. The Hall–Kier alpha value is -2.21. The quantitative estimate of drug-likeness (QED) is 0.806. The lowest BCUT2D eigenvalue weighted by molar-refractivity contribution is 0.587. The van der Waals surface area contributed by atoms with Crippen LogP contribution in [0.2, 0.25) is 0 Å². The van der Waals surface area contributed by atoms with Crippen molar-refractivity contribution < 1.29 is 8.42 Å². The number of aromatic amines is 1. The lowest BCUT2D eigenvalue weighted by Gasteiger charge is -2.06. The molecule has 0 unspecified atom stereocenters. The summed E-state index contributed by atoms with van der Waals surface area (Å²) in [6.45, 7) is 3.82.